The predicted molar refractivity (Wildman–Crippen MR) is 69.8 cm³/mol. The van der Waals surface area contributed by atoms with Gasteiger partial charge in [-0.2, -0.15) is 0 Å². The van der Waals surface area contributed by atoms with Crippen LogP contribution in [0.25, 0.3) is 0 Å². The molecule has 3 N–H and O–H groups in total. The molecule has 1 atom stereocenters. The third-order valence-electron chi connectivity index (χ3n) is 2.84. The summed E-state index contributed by atoms with van der Waals surface area (Å²) in [6, 6.07) is 5.17. The number of halogens is 1. The SMILES string of the molecule is Nc1ccc(C(=O)NCC2CCOC2)cc1Br. The molecule has 0 spiro atoms. The van der Waals surface area contributed by atoms with Crippen LogP contribution in [0.5, 0.6) is 0 Å². The van der Waals surface area contributed by atoms with E-state index in [2.05, 4.69) is 21.2 Å². The number of hydrogen-bond donors (Lipinski definition) is 2. The minimum Gasteiger partial charge on any atom is -0.398 e. The van der Waals surface area contributed by atoms with Gasteiger partial charge in [-0.25, -0.2) is 0 Å². The Morgan fingerprint density at radius 1 is 1.59 bits per heavy atom. The molecule has 1 saturated heterocycles. The summed E-state index contributed by atoms with van der Waals surface area (Å²) in [4.78, 5) is 11.9. The second-order valence-electron chi connectivity index (χ2n) is 4.18. The molecule has 17 heavy (non-hydrogen) atoms. The van der Waals surface area contributed by atoms with Crippen molar-refractivity contribution in [2.45, 2.75) is 6.42 Å². The number of nitrogen functional groups attached to an aromatic ring is 1. The first-order valence-corrected chi connectivity index (χ1v) is 6.37. The largest absolute Gasteiger partial charge is 0.398 e. The van der Waals surface area contributed by atoms with E-state index in [-0.39, 0.29) is 5.91 Å². The van der Waals surface area contributed by atoms with Crippen molar-refractivity contribution >= 4 is 27.5 Å². The molecule has 5 heteroatoms. The maximum absolute atomic E-state index is 11.9. The first-order chi connectivity index (χ1) is 8.16. The molecule has 4 nitrogen and oxygen atoms in total. The van der Waals surface area contributed by atoms with E-state index in [0.717, 1.165) is 24.1 Å². The van der Waals surface area contributed by atoms with Gasteiger partial charge in [0, 0.05) is 34.8 Å². The fourth-order valence-corrected chi connectivity index (χ4v) is 2.13. The number of benzene rings is 1. The molecule has 2 rings (SSSR count). The topological polar surface area (TPSA) is 64.4 Å². The zero-order chi connectivity index (χ0) is 12.3. The normalized spacial score (nSPS) is 19.2. The van der Waals surface area contributed by atoms with E-state index in [9.17, 15) is 4.79 Å². The number of carbonyl (C=O) groups excluding carboxylic acids is 1. The zero-order valence-electron chi connectivity index (χ0n) is 9.41. The Labute approximate surface area is 109 Å². The van der Waals surface area contributed by atoms with Crippen LogP contribution in [-0.4, -0.2) is 25.7 Å². The number of nitrogens with one attached hydrogen (secondary N) is 1. The number of amides is 1. The van der Waals surface area contributed by atoms with Gasteiger partial charge in [0.1, 0.15) is 0 Å². The number of anilines is 1. The van der Waals surface area contributed by atoms with Crippen molar-refractivity contribution in [1.82, 2.24) is 5.32 Å². The van der Waals surface area contributed by atoms with E-state index in [0.29, 0.717) is 23.7 Å². The summed E-state index contributed by atoms with van der Waals surface area (Å²) in [5.74, 6) is 0.369. The van der Waals surface area contributed by atoms with Gasteiger partial charge < -0.3 is 15.8 Å². The highest BCUT2D eigenvalue weighted by molar-refractivity contribution is 9.10. The summed E-state index contributed by atoms with van der Waals surface area (Å²) in [5.41, 5.74) is 6.91. The fourth-order valence-electron chi connectivity index (χ4n) is 1.75. The molecule has 0 aliphatic carbocycles. The Kier molecular flexibility index (Phi) is 4.02. The minimum absolute atomic E-state index is 0.0717. The van der Waals surface area contributed by atoms with E-state index in [1.807, 2.05) is 0 Å². The predicted octanol–water partition coefficient (Wildman–Crippen LogP) is 1.80. The van der Waals surface area contributed by atoms with Gasteiger partial charge in [-0.3, -0.25) is 4.79 Å². The quantitative estimate of drug-likeness (QED) is 0.837. The maximum atomic E-state index is 11.9. The van der Waals surface area contributed by atoms with Gasteiger partial charge >= 0.3 is 0 Å². The summed E-state index contributed by atoms with van der Waals surface area (Å²) < 4.78 is 6.00. The molecule has 1 amide bonds. The number of carbonyl (C=O) groups is 1. The minimum atomic E-state index is -0.0717. The Hall–Kier alpha value is -1.07. The Morgan fingerprint density at radius 3 is 3.06 bits per heavy atom. The Morgan fingerprint density at radius 2 is 2.41 bits per heavy atom. The maximum Gasteiger partial charge on any atom is 0.251 e. The van der Waals surface area contributed by atoms with Crippen LogP contribution in [0.3, 0.4) is 0 Å². The first kappa shape index (κ1) is 12.4. The molecule has 1 aliphatic rings. The summed E-state index contributed by atoms with van der Waals surface area (Å²) in [7, 11) is 0. The third-order valence-corrected chi connectivity index (χ3v) is 3.52. The van der Waals surface area contributed by atoms with Crippen molar-refractivity contribution in [3.63, 3.8) is 0 Å². The average molecular weight is 299 g/mol. The number of hydrogen-bond acceptors (Lipinski definition) is 3. The highest BCUT2D eigenvalue weighted by Gasteiger charge is 2.16. The van der Waals surface area contributed by atoms with Gasteiger partial charge in [0.2, 0.25) is 0 Å². The lowest BCUT2D eigenvalue weighted by Crippen LogP contribution is -2.29. The molecule has 0 bridgehead atoms. The number of nitrogens with two attached hydrogens (primary N) is 1. The van der Waals surface area contributed by atoms with Crippen LogP contribution in [0.4, 0.5) is 5.69 Å². The van der Waals surface area contributed by atoms with Gasteiger partial charge in [0.05, 0.1) is 6.61 Å². The molecule has 0 radical (unpaired) electrons. The van der Waals surface area contributed by atoms with Gasteiger partial charge in [-0.05, 0) is 40.5 Å². The summed E-state index contributed by atoms with van der Waals surface area (Å²) >= 11 is 3.31. The van der Waals surface area contributed by atoms with Crippen LogP contribution in [0.2, 0.25) is 0 Å². The van der Waals surface area contributed by atoms with Gasteiger partial charge in [-0.15, -0.1) is 0 Å². The van der Waals surface area contributed by atoms with Crippen molar-refractivity contribution in [3.8, 4) is 0 Å². The molecule has 0 saturated carbocycles. The Bertz CT molecular complexity index is 417. The summed E-state index contributed by atoms with van der Waals surface area (Å²) in [6.45, 7) is 2.21. The van der Waals surface area contributed by atoms with E-state index in [1.54, 1.807) is 18.2 Å². The lowest BCUT2D eigenvalue weighted by molar-refractivity contribution is 0.0945. The van der Waals surface area contributed by atoms with Crippen molar-refractivity contribution in [1.29, 1.82) is 0 Å². The lowest BCUT2D eigenvalue weighted by Gasteiger charge is -2.10. The van der Waals surface area contributed by atoms with Crippen molar-refractivity contribution in [3.05, 3.63) is 28.2 Å². The van der Waals surface area contributed by atoms with Crippen molar-refractivity contribution in [2.75, 3.05) is 25.5 Å². The third kappa shape index (κ3) is 3.20. The van der Waals surface area contributed by atoms with Crippen LogP contribution >= 0.6 is 15.9 Å². The second kappa shape index (κ2) is 5.51. The smallest absolute Gasteiger partial charge is 0.251 e. The fraction of sp³-hybridized carbons (Fsp3) is 0.417. The van der Waals surface area contributed by atoms with Gasteiger partial charge in [0.25, 0.3) is 5.91 Å². The monoisotopic (exact) mass is 298 g/mol. The van der Waals surface area contributed by atoms with Gasteiger partial charge in [-0.1, -0.05) is 0 Å². The van der Waals surface area contributed by atoms with Crippen LogP contribution in [0, 0.1) is 5.92 Å². The summed E-state index contributed by atoms with van der Waals surface area (Å²) in [6.07, 6.45) is 1.02. The molecular formula is C12H15BrN2O2. The zero-order valence-corrected chi connectivity index (χ0v) is 11.0. The van der Waals surface area contributed by atoms with Crippen LogP contribution < -0.4 is 11.1 Å². The van der Waals surface area contributed by atoms with Crippen LogP contribution in [0.1, 0.15) is 16.8 Å². The first-order valence-electron chi connectivity index (χ1n) is 5.58. The van der Waals surface area contributed by atoms with Crippen molar-refractivity contribution in [2.24, 2.45) is 5.92 Å². The Balaban J connectivity index is 1.92. The van der Waals surface area contributed by atoms with E-state index in [4.69, 9.17) is 10.5 Å². The van der Waals surface area contributed by atoms with E-state index < -0.39 is 0 Å². The molecule has 1 aliphatic heterocycles. The average Bonchev–Trinajstić information content (AvgIpc) is 2.82. The van der Waals surface area contributed by atoms with E-state index >= 15 is 0 Å². The van der Waals surface area contributed by atoms with Crippen LogP contribution in [0.15, 0.2) is 22.7 Å². The second-order valence-corrected chi connectivity index (χ2v) is 5.03. The standard InChI is InChI=1S/C12H15BrN2O2/c13-10-5-9(1-2-11(10)14)12(16)15-6-8-3-4-17-7-8/h1-2,5,8H,3-4,6-7,14H2,(H,15,16). The van der Waals surface area contributed by atoms with E-state index in [1.165, 1.54) is 0 Å². The van der Waals surface area contributed by atoms with Crippen molar-refractivity contribution < 1.29 is 9.53 Å². The molecule has 1 aromatic rings. The number of ether oxygens (including phenoxy) is 1. The number of rotatable bonds is 3. The lowest BCUT2D eigenvalue weighted by atomic mass is 10.1. The molecule has 0 aromatic heterocycles. The molecule has 92 valence electrons. The summed E-state index contributed by atoms with van der Waals surface area (Å²) in [5, 5.41) is 2.91. The molecule has 1 heterocycles. The van der Waals surface area contributed by atoms with Gasteiger partial charge in [0.15, 0.2) is 0 Å². The molecule has 1 fully saturated rings. The highest BCUT2D eigenvalue weighted by atomic mass is 79.9. The van der Waals surface area contributed by atoms with Crippen LogP contribution in [-0.2, 0) is 4.74 Å². The molecule has 1 unspecified atom stereocenters. The highest BCUT2D eigenvalue weighted by Crippen LogP contribution is 2.20. The molecule has 1 aromatic carbocycles. The molecular weight excluding hydrogens is 284 g/mol.